The molecular weight excluding hydrogens is 268 g/mol. The van der Waals surface area contributed by atoms with Crippen LogP contribution in [-0.2, 0) is 0 Å². The van der Waals surface area contributed by atoms with Gasteiger partial charge in [-0.2, -0.15) is 11.8 Å². The standard InChI is InChI=1S/C16H20N2OS/c1-12-5-6-14(4-3-7-17)10-15(12)16(19)18-8-9-20-13(2)11-18/h5-6,10,13H,7-9,11,17H2,1-2H3. The predicted molar refractivity (Wildman–Crippen MR) is 84.9 cm³/mol. The quantitative estimate of drug-likeness (QED) is 0.803. The number of hydrogen-bond donors (Lipinski definition) is 1. The number of carbonyl (C=O) groups excluding carboxylic acids is 1. The zero-order valence-corrected chi connectivity index (χ0v) is 12.8. The van der Waals surface area contributed by atoms with Crippen LogP contribution in [0.4, 0.5) is 0 Å². The average molecular weight is 288 g/mol. The maximum Gasteiger partial charge on any atom is 0.254 e. The van der Waals surface area contributed by atoms with E-state index in [2.05, 4.69) is 18.8 Å². The van der Waals surface area contributed by atoms with Gasteiger partial charge < -0.3 is 10.6 Å². The topological polar surface area (TPSA) is 46.3 Å². The lowest BCUT2D eigenvalue weighted by molar-refractivity contribution is 0.0762. The van der Waals surface area contributed by atoms with E-state index >= 15 is 0 Å². The summed E-state index contributed by atoms with van der Waals surface area (Å²) in [6.07, 6.45) is 0. The van der Waals surface area contributed by atoms with Gasteiger partial charge in [-0.15, -0.1) is 0 Å². The second kappa shape index (κ2) is 6.83. The van der Waals surface area contributed by atoms with Crippen LogP contribution < -0.4 is 5.73 Å². The van der Waals surface area contributed by atoms with Crippen molar-refractivity contribution >= 4 is 17.7 Å². The molecule has 1 amide bonds. The van der Waals surface area contributed by atoms with Crippen molar-refractivity contribution in [3.8, 4) is 11.8 Å². The molecule has 1 atom stereocenters. The third-order valence-electron chi connectivity index (χ3n) is 3.33. The SMILES string of the molecule is Cc1ccc(C#CCN)cc1C(=O)N1CCSC(C)C1. The Kier molecular flexibility index (Phi) is 5.11. The molecule has 0 aromatic heterocycles. The van der Waals surface area contributed by atoms with Gasteiger partial charge >= 0.3 is 0 Å². The smallest absolute Gasteiger partial charge is 0.254 e. The first-order valence-corrected chi connectivity index (χ1v) is 7.87. The van der Waals surface area contributed by atoms with Crippen molar-refractivity contribution in [2.45, 2.75) is 19.1 Å². The summed E-state index contributed by atoms with van der Waals surface area (Å²) in [6, 6.07) is 5.77. The van der Waals surface area contributed by atoms with Gasteiger partial charge in [0.05, 0.1) is 6.54 Å². The van der Waals surface area contributed by atoms with Crippen LogP contribution in [-0.4, -0.2) is 41.4 Å². The van der Waals surface area contributed by atoms with E-state index in [1.807, 2.05) is 41.8 Å². The summed E-state index contributed by atoms with van der Waals surface area (Å²) in [5.41, 5.74) is 7.99. The van der Waals surface area contributed by atoms with Gasteiger partial charge in [-0.3, -0.25) is 4.79 Å². The van der Waals surface area contributed by atoms with Crippen molar-refractivity contribution < 1.29 is 4.79 Å². The van der Waals surface area contributed by atoms with Gasteiger partial charge in [-0.1, -0.05) is 24.8 Å². The molecule has 0 bridgehead atoms. The Morgan fingerprint density at radius 3 is 3.05 bits per heavy atom. The summed E-state index contributed by atoms with van der Waals surface area (Å²) in [5.74, 6) is 6.94. The number of nitrogens with zero attached hydrogens (tertiary/aromatic N) is 1. The summed E-state index contributed by atoms with van der Waals surface area (Å²) in [5, 5.41) is 0.508. The lowest BCUT2D eigenvalue weighted by atomic mass is 10.0. The van der Waals surface area contributed by atoms with Crippen molar-refractivity contribution in [1.82, 2.24) is 4.90 Å². The molecule has 2 rings (SSSR count). The molecule has 1 aliphatic rings. The van der Waals surface area contributed by atoms with Crippen LogP contribution in [0.2, 0.25) is 0 Å². The molecule has 2 N–H and O–H groups in total. The number of amides is 1. The maximum absolute atomic E-state index is 12.6. The first-order valence-electron chi connectivity index (χ1n) is 6.82. The van der Waals surface area contributed by atoms with Gasteiger partial charge in [0.2, 0.25) is 0 Å². The molecule has 1 aromatic rings. The van der Waals surface area contributed by atoms with E-state index < -0.39 is 0 Å². The number of thioether (sulfide) groups is 1. The van der Waals surface area contributed by atoms with Crippen molar-refractivity contribution in [3.05, 3.63) is 34.9 Å². The minimum atomic E-state index is 0.117. The number of aryl methyl sites for hydroxylation is 1. The summed E-state index contributed by atoms with van der Waals surface area (Å²) >= 11 is 1.92. The van der Waals surface area contributed by atoms with Gasteiger partial charge in [-0.05, 0) is 24.6 Å². The van der Waals surface area contributed by atoms with E-state index in [0.29, 0.717) is 11.8 Å². The molecule has 1 aliphatic heterocycles. The molecule has 0 aliphatic carbocycles. The van der Waals surface area contributed by atoms with Crippen LogP contribution in [0.25, 0.3) is 0 Å². The molecule has 1 heterocycles. The van der Waals surface area contributed by atoms with E-state index in [4.69, 9.17) is 5.73 Å². The highest BCUT2D eigenvalue weighted by Gasteiger charge is 2.23. The molecule has 3 nitrogen and oxygen atoms in total. The Bertz CT molecular complexity index is 559. The largest absolute Gasteiger partial charge is 0.337 e. The van der Waals surface area contributed by atoms with Crippen LogP contribution in [0.15, 0.2) is 18.2 Å². The van der Waals surface area contributed by atoms with Crippen LogP contribution >= 0.6 is 11.8 Å². The fraction of sp³-hybridized carbons (Fsp3) is 0.438. The number of benzene rings is 1. The minimum absolute atomic E-state index is 0.117. The molecule has 20 heavy (non-hydrogen) atoms. The van der Waals surface area contributed by atoms with Gasteiger partial charge in [-0.25, -0.2) is 0 Å². The number of hydrogen-bond acceptors (Lipinski definition) is 3. The van der Waals surface area contributed by atoms with E-state index in [9.17, 15) is 4.79 Å². The van der Waals surface area contributed by atoms with E-state index in [-0.39, 0.29) is 5.91 Å². The van der Waals surface area contributed by atoms with Crippen molar-refractivity contribution in [2.75, 3.05) is 25.4 Å². The molecule has 0 spiro atoms. The summed E-state index contributed by atoms with van der Waals surface area (Å²) in [4.78, 5) is 14.6. The van der Waals surface area contributed by atoms with Crippen LogP contribution in [0.3, 0.4) is 0 Å². The van der Waals surface area contributed by atoms with Gasteiger partial charge in [0.1, 0.15) is 0 Å². The lowest BCUT2D eigenvalue weighted by Crippen LogP contribution is -2.41. The van der Waals surface area contributed by atoms with Gasteiger partial charge in [0, 0.05) is 35.2 Å². The zero-order chi connectivity index (χ0) is 14.5. The molecule has 0 saturated carbocycles. The Morgan fingerprint density at radius 2 is 2.35 bits per heavy atom. The van der Waals surface area contributed by atoms with Crippen molar-refractivity contribution in [2.24, 2.45) is 5.73 Å². The lowest BCUT2D eigenvalue weighted by Gasteiger charge is -2.31. The first kappa shape index (κ1) is 15.0. The first-order chi connectivity index (χ1) is 9.61. The van der Waals surface area contributed by atoms with E-state index in [0.717, 1.165) is 35.5 Å². The minimum Gasteiger partial charge on any atom is -0.337 e. The third kappa shape index (κ3) is 3.56. The average Bonchev–Trinajstić information content (AvgIpc) is 2.45. The highest BCUT2D eigenvalue weighted by atomic mass is 32.2. The Morgan fingerprint density at radius 1 is 1.55 bits per heavy atom. The second-order valence-corrected chi connectivity index (χ2v) is 6.51. The van der Waals surface area contributed by atoms with E-state index in [1.165, 1.54) is 0 Å². The van der Waals surface area contributed by atoms with Crippen LogP contribution in [0, 0.1) is 18.8 Å². The van der Waals surface area contributed by atoms with Gasteiger partial charge in [0.25, 0.3) is 5.91 Å². The highest BCUT2D eigenvalue weighted by Crippen LogP contribution is 2.21. The predicted octanol–water partition coefficient (Wildman–Crippen LogP) is 1.88. The molecule has 0 radical (unpaired) electrons. The molecule has 1 saturated heterocycles. The van der Waals surface area contributed by atoms with Crippen molar-refractivity contribution in [3.63, 3.8) is 0 Å². The van der Waals surface area contributed by atoms with Crippen LogP contribution in [0.1, 0.15) is 28.4 Å². The molecule has 1 aromatic carbocycles. The Hall–Kier alpha value is -1.44. The van der Waals surface area contributed by atoms with E-state index in [1.54, 1.807) is 0 Å². The Balaban J connectivity index is 2.24. The monoisotopic (exact) mass is 288 g/mol. The van der Waals surface area contributed by atoms with Crippen LogP contribution in [0.5, 0.6) is 0 Å². The highest BCUT2D eigenvalue weighted by molar-refractivity contribution is 7.99. The summed E-state index contributed by atoms with van der Waals surface area (Å²) < 4.78 is 0. The van der Waals surface area contributed by atoms with Gasteiger partial charge in [0.15, 0.2) is 0 Å². The normalized spacial score (nSPS) is 18.4. The number of nitrogens with two attached hydrogens (primary N) is 1. The summed E-state index contributed by atoms with van der Waals surface area (Å²) in [7, 11) is 0. The molecular formula is C16H20N2OS. The fourth-order valence-corrected chi connectivity index (χ4v) is 3.27. The third-order valence-corrected chi connectivity index (χ3v) is 4.47. The zero-order valence-electron chi connectivity index (χ0n) is 12.0. The summed E-state index contributed by atoms with van der Waals surface area (Å²) in [6.45, 7) is 6.11. The van der Waals surface area contributed by atoms with Crippen molar-refractivity contribution in [1.29, 1.82) is 0 Å². The maximum atomic E-state index is 12.6. The Labute approximate surface area is 124 Å². The molecule has 1 unspecified atom stereocenters. The number of rotatable bonds is 1. The molecule has 4 heteroatoms. The molecule has 106 valence electrons. The molecule has 1 fully saturated rings. The fourth-order valence-electron chi connectivity index (χ4n) is 2.26. The second-order valence-electron chi connectivity index (χ2n) is 4.97. The number of carbonyl (C=O) groups is 1.